The van der Waals surface area contributed by atoms with Crippen molar-refractivity contribution < 1.29 is 0 Å². The second kappa shape index (κ2) is 5.44. The first-order chi connectivity index (χ1) is 9.81. The van der Waals surface area contributed by atoms with Gasteiger partial charge in [0.1, 0.15) is 11.6 Å². The Bertz CT molecular complexity index is 674. The van der Waals surface area contributed by atoms with Gasteiger partial charge in [-0.25, -0.2) is 4.98 Å². The van der Waals surface area contributed by atoms with Crippen molar-refractivity contribution in [2.45, 2.75) is 6.54 Å². The molecule has 2 heterocycles. The van der Waals surface area contributed by atoms with Crippen molar-refractivity contribution in [1.82, 2.24) is 15.2 Å². The molecular formula is C15H15N5. The van der Waals surface area contributed by atoms with Gasteiger partial charge in [0, 0.05) is 12.7 Å². The molecule has 0 aliphatic heterocycles. The van der Waals surface area contributed by atoms with E-state index in [9.17, 15) is 0 Å². The molecule has 100 valence electrons. The molecule has 4 N–H and O–H groups in total. The highest BCUT2D eigenvalue weighted by atomic mass is 15.1. The standard InChI is InChI=1S/C15H15N5/c16-14-2-1-3-15(19-14)17-10-11-4-6-12(7-5-11)13-8-9-18-20-13/h1-9H,10H2,(H,18,20)(H3,16,17,19). The average Bonchev–Trinajstić information content (AvgIpc) is 3.00. The molecule has 1 aromatic carbocycles. The molecule has 0 aliphatic rings. The topological polar surface area (TPSA) is 79.6 Å². The first-order valence-electron chi connectivity index (χ1n) is 6.36. The van der Waals surface area contributed by atoms with Crippen molar-refractivity contribution in [3.8, 4) is 11.3 Å². The summed E-state index contributed by atoms with van der Waals surface area (Å²) in [6.45, 7) is 0.708. The lowest BCUT2D eigenvalue weighted by Gasteiger charge is -2.07. The minimum absolute atomic E-state index is 0.518. The molecular weight excluding hydrogens is 250 g/mol. The fourth-order valence-electron chi connectivity index (χ4n) is 1.96. The Balaban J connectivity index is 1.67. The number of H-pyrrole nitrogens is 1. The number of anilines is 2. The minimum Gasteiger partial charge on any atom is -0.384 e. The third-order valence-electron chi connectivity index (χ3n) is 3.01. The molecule has 0 spiro atoms. The zero-order valence-corrected chi connectivity index (χ0v) is 10.9. The van der Waals surface area contributed by atoms with Crippen molar-refractivity contribution in [3.05, 3.63) is 60.3 Å². The largest absolute Gasteiger partial charge is 0.384 e. The molecule has 20 heavy (non-hydrogen) atoms. The van der Waals surface area contributed by atoms with Crippen LogP contribution in [-0.2, 0) is 6.54 Å². The van der Waals surface area contributed by atoms with E-state index >= 15 is 0 Å². The number of hydrogen-bond donors (Lipinski definition) is 3. The fraction of sp³-hybridized carbons (Fsp3) is 0.0667. The van der Waals surface area contributed by atoms with Gasteiger partial charge in [-0.15, -0.1) is 0 Å². The third kappa shape index (κ3) is 2.77. The molecule has 0 amide bonds. The predicted molar refractivity (Wildman–Crippen MR) is 80.0 cm³/mol. The summed E-state index contributed by atoms with van der Waals surface area (Å²) >= 11 is 0. The van der Waals surface area contributed by atoms with Crippen LogP contribution < -0.4 is 11.1 Å². The normalized spacial score (nSPS) is 10.4. The Labute approximate surface area is 116 Å². The molecule has 0 radical (unpaired) electrons. The van der Waals surface area contributed by atoms with Crippen LogP contribution in [0.5, 0.6) is 0 Å². The minimum atomic E-state index is 0.518. The lowest BCUT2D eigenvalue weighted by molar-refractivity contribution is 1.09. The molecule has 0 bridgehead atoms. The van der Waals surface area contributed by atoms with Crippen molar-refractivity contribution >= 4 is 11.6 Å². The van der Waals surface area contributed by atoms with Crippen LogP contribution in [0.2, 0.25) is 0 Å². The van der Waals surface area contributed by atoms with Crippen LogP contribution in [0.15, 0.2) is 54.7 Å². The molecule has 0 saturated heterocycles. The second-order valence-electron chi connectivity index (χ2n) is 4.47. The van der Waals surface area contributed by atoms with Gasteiger partial charge in [-0.2, -0.15) is 5.10 Å². The van der Waals surface area contributed by atoms with E-state index in [1.54, 1.807) is 12.3 Å². The monoisotopic (exact) mass is 265 g/mol. The summed E-state index contributed by atoms with van der Waals surface area (Å²) < 4.78 is 0. The maximum Gasteiger partial charge on any atom is 0.128 e. The van der Waals surface area contributed by atoms with Gasteiger partial charge in [0.2, 0.25) is 0 Å². The van der Waals surface area contributed by atoms with Crippen LogP contribution in [0, 0.1) is 0 Å². The summed E-state index contributed by atoms with van der Waals surface area (Å²) in [5.41, 5.74) is 8.95. The molecule has 5 heteroatoms. The number of nitrogens with one attached hydrogen (secondary N) is 2. The van der Waals surface area contributed by atoms with Crippen LogP contribution in [0.3, 0.4) is 0 Å². The summed E-state index contributed by atoms with van der Waals surface area (Å²) in [4.78, 5) is 4.20. The molecule has 2 aromatic heterocycles. The van der Waals surface area contributed by atoms with Crippen molar-refractivity contribution in [2.75, 3.05) is 11.1 Å². The van der Waals surface area contributed by atoms with Crippen molar-refractivity contribution in [1.29, 1.82) is 0 Å². The van der Waals surface area contributed by atoms with E-state index in [1.807, 2.05) is 18.2 Å². The Morgan fingerprint density at radius 2 is 1.90 bits per heavy atom. The number of aromatic nitrogens is 3. The van der Waals surface area contributed by atoms with Crippen LogP contribution in [0.4, 0.5) is 11.6 Å². The number of rotatable bonds is 4. The Kier molecular flexibility index (Phi) is 3.33. The second-order valence-corrected chi connectivity index (χ2v) is 4.47. The van der Waals surface area contributed by atoms with Gasteiger partial charge >= 0.3 is 0 Å². The van der Waals surface area contributed by atoms with E-state index in [0.29, 0.717) is 12.4 Å². The molecule has 0 unspecified atom stereocenters. The summed E-state index contributed by atoms with van der Waals surface area (Å²) in [5, 5.41) is 10.1. The van der Waals surface area contributed by atoms with Gasteiger partial charge in [-0.3, -0.25) is 5.10 Å². The summed E-state index contributed by atoms with van der Waals surface area (Å²) in [7, 11) is 0. The van der Waals surface area contributed by atoms with E-state index in [2.05, 4.69) is 44.8 Å². The number of benzene rings is 1. The van der Waals surface area contributed by atoms with Crippen LogP contribution >= 0.6 is 0 Å². The van der Waals surface area contributed by atoms with E-state index in [4.69, 9.17) is 5.73 Å². The average molecular weight is 265 g/mol. The van der Waals surface area contributed by atoms with Gasteiger partial charge in [0.05, 0.1) is 5.69 Å². The van der Waals surface area contributed by atoms with Gasteiger partial charge in [-0.05, 0) is 29.3 Å². The summed E-state index contributed by atoms with van der Waals surface area (Å²) in [6, 6.07) is 15.8. The third-order valence-corrected chi connectivity index (χ3v) is 3.01. The zero-order chi connectivity index (χ0) is 13.8. The predicted octanol–water partition coefficient (Wildman–Crippen LogP) is 2.67. The Hall–Kier alpha value is -2.82. The number of nitrogens with two attached hydrogens (primary N) is 1. The first-order valence-corrected chi connectivity index (χ1v) is 6.36. The number of aromatic amines is 1. The molecule has 0 saturated carbocycles. The lowest BCUT2D eigenvalue weighted by Crippen LogP contribution is -2.02. The van der Waals surface area contributed by atoms with E-state index in [-0.39, 0.29) is 0 Å². The van der Waals surface area contributed by atoms with Crippen LogP contribution in [0.1, 0.15) is 5.56 Å². The number of pyridine rings is 1. The first kappa shape index (κ1) is 12.2. The van der Waals surface area contributed by atoms with Gasteiger partial charge in [0.25, 0.3) is 0 Å². The van der Waals surface area contributed by atoms with Crippen LogP contribution in [-0.4, -0.2) is 15.2 Å². The van der Waals surface area contributed by atoms with Crippen molar-refractivity contribution in [2.24, 2.45) is 0 Å². The van der Waals surface area contributed by atoms with Gasteiger partial charge < -0.3 is 11.1 Å². The number of nitrogen functional groups attached to an aromatic ring is 1. The number of nitrogens with zero attached hydrogens (tertiary/aromatic N) is 2. The molecule has 5 nitrogen and oxygen atoms in total. The van der Waals surface area contributed by atoms with Crippen molar-refractivity contribution in [3.63, 3.8) is 0 Å². The Morgan fingerprint density at radius 3 is 2.60 bits per heavy atom. The SMILES string of the molecule is Nc1cccc(NCc2ccc(-c3ccn[nH]3)cc2)n1. The molecule has 3 rings (SSSR count). The Morgan fingerprint density at radius 1 is 1.05 bits per heavy atom. The quantitative estimate of drug-likeness (QED) is 0.677. The van der Waals surface area contributed by atoms with Crippen LogP contribution in [0.25, 0.3) is 11.3 Å². The molecule has 3 aromatic rings. The summed E-state index contributed by atoms with van der Waals surface area (Å²) in [5.74, 6) is 1.30. The fourth-order valence-corrected chi connectivity index (χ4v) is 1.96. The lowest BCUT2D eigenvalue weighted by atomic mass is 10.1. The molecule has 0 atom stereocenters. The maximum atomic E-state index is 5.64. The highest BCUT2D eigenvalue weighted by Gasteiger charge is 2.00. The van der Waals surface area contributed by atoms with E-state index in [1.165, 1.54) is 5.56 Å². The zero-order valence-electron chi connectivity index (χ0n) is 10.9. The van der Waals surface area contributed by atoms with Gasteiger partial charge in [-0.1, -0.05) is 30.3 Å². The highest BCUT2D eigenvalue weighted by Crippen LogP contribution is 2.17. The number of hydrogen-bond acceptors (Lipinski definition) is 4. The highest BCUT2D eigenvalue weighted by molar-refractivity contribution is 5.58. The maximum absolute atomic E-state index is 5.64. The molecule has 0 fully saturated rings. The summed E-state index contributed by atoms with van der Waals surface area (Å²) in [6.07, 6.45) is 1.75. The molecule has 0 aliphatic carbocycles. The van der Waals surface area contributed by atoms with Gasteiger partial charge in [0.15, 0.2) is 0 Å². The van der Waals surface area contributed by atoms with E-state index in [0.717, 1.165) is 17.1 Å². The van der Waals surface area contributed by atoms with E-state index < -0.39 is 0 Å². The smallest absolute Gasteiger partial charge is 0.128 e.